The van der Waals surface area contributed by atoms with E-state index in [2.05, 4.69) is 18.2 Å². The van der Waals surface area contributed by atoms with Gasteiger partial charge in [-0.25, -0.2) is 0 Å². The van der Waals surface area contributed by atoms with Crippen LogP contribution in [0.1, 0.15) is 15.9 Å². The summed E-state index contributed by atoms with van der Waals surface area (Å²) in [7, 11) is -3.08. The molecule has 2 aromatic carbocycles. The first-order valence-corrected chi connectivity index (χ1v) is 8.21. The second kappa shape index (κ2) is 11.0. The Morgan fingerprint density at radius 2 is 1.64 bits per heavy atom. The summed E-state index contributed by atoms with van der Waals surface area (Å²) in [6.45, 7) is 3.63. The minimum atomic E-state index is -1.66. The Balaban J connectivity index is 0.00000151. The fraction of sp³-hybridized carbons (Fsp3) is 0.0625. The van der Waals surface area contributed by atoms with Gasteiger partial charge in [-0.05, 0) is 34.8 Å². The summed E-state index contributed by atoms with van der Waals surface area (Å²) in [5.74, 6) is 0.374. The summed E-state index contributed by atoms with van der Waals surface area (Å²) in [5.41, 5.74) is 1.54. The summed E-state index contributed by atoms with van der Waals surface area (Å²) in [4.78, 5) is 11.0. The van der Waals surface area contributed by atoms with Crippen LogP contribution in [0.5, 0.6) is 5.75 Å². The van der Waals surface area contributed by atoms with E-state index in [-0.39, 0.29) is 0 Å². The van der Waals surface area contributed by atoms with Gasteiger partial charge >= 0.3 is 14.4 Å². The van der Waals surface area contributed by atoms with Gasteiger partial charge in [0.15, 0.2) is 0 Å². The Hall–Kier alpha value is -1.76. The van der Waals surface area contributed by atoms with Crippen molar-refractivity contribution in [1.82, 2.24) is 0 Å². The van der Waals surface area contributed by atoms with Crippen molar-refractivity contribution in [2.75, 3.05) is 6.38 Å². The van der Waals surface area contributed by atoms with E-state index in [9.17, 15) is 14.8 Å². The van der Waals surface area contributed by atoms with E-state index >= 15 is 0 Å². The van der Waals surface area contributed by atoms with Crippen molar-refractivity contribution >= 4 is 54.4 Å². The number of benzene rings is 2. The van der Waals surface area contributed by atoms with Gasteiger partial charge in [0, 0.05) is 11.9 Å². The molecule has 9 heteroatoms. The average molecular weight is 381 g/mol. The van der Waals surface area contributed by atoms with Crippen LogP contribution in [0, 0.1) is 0 Å². The smallest absolute Gasteiger partial charge is 0.513 e. The van der Waals surface area contributed by atoms with Gasteiger partial charge in [-0.15, -0.1) is 11.6 Å². The second-order valence-electron chi connectivity index (χ2n) is 4.58. The topological polar surface area (TPSA) is 76.0 Å². The number of carbonyl (C=O) groups excluding carboxylic acids is 1. The predicted molar refractivity (Wildman–Crippen MR) is 102 cm³/mol. The van der Waals surface area contributed by atoms with Gasteiger partial charge < -0.3 is 19.3 Å². The molecule has 0 aromatic heterocycles. The van der Waals surface area contributed by atoms with Gasteiger partial charge in [-0.2, -0.15) is 0 Å². The first-order valence-electron chi connectivity index (χ1n) is 7.08. The van der Waals surface area contributed by atoms with Gasteiger partial charge in [-0.3, -0.25) is 4.79 Å². The zero-order chi connectivity index (χ0) is 18.8. The van der Waals surface area contributed by atoms with E-state index in [0.29, 0.717) is 16.8 Å². The summed E-state index contributed by atoms with van der Waals surface area (Å²) >= 11 is 9.97. The van der Waals surface area contributed by atoms with E-state index in [1.165, 1.54) is 30.6 Å². The maximum Gasteiger partial charge on any atom is 0.696 e. The van der Waals surface area contributed by atoms with Crippen LogP contribution in [0.15, 0.2) is 55.1 Å². The number of rotatable bonds is 7. The molecule has 0 amide bonds. The maximum atomic E-state index is 11.0. The summed E-state index contributed by atoms with van der Waals surface area (Å²) in [5, 5.41) is 19.0. The van der Waals surface area contributed by atoms with Crippen molar-refractivity contribution in [3.05, 3.63) is 66.2 Å². The molecule has 0 aliphatic carbocycles. The Labute approximate surface area is 157 Å². The maximum absolute atomic E-state index is 11.0. The number of alkyl halides is 1. The lowest BCUT2D eigenvalue weighted by molar-refractivity contribution is 0.108. The van der Waals surface area contributed by atoms with Gasteiger partial charge in [0.1, 0.15) is 5.75 Å². The first-order chi connectivity index (χ1) is 12.0. The highest BCUT2D eigenvalue weighted by Gasteiger charge is 2.28. The van der Waals surface area contributed by atoms with Crippen molar-refractivity contribution in [2.24, 2.45) is 0 Å². The molecule has 2 aromatic rings. The lowest BCUT2D eigenvalue weighted by atomic mass is 9.77. The quantitative estimate of drug-likeness (QED) is 0.438. The fourth-order valence-electron chi connectivity index (χ4n) is 1.79. The van der Waals surface area contributed by atoms with Crippen LogP contribution in [0.3, 0.4) is 0 Å². The molecule has 0 saturated heterocycles. The molecule has 25 heavy (non-hydrogen) atoms. The predicted octanol–water partition coefficient (Wildman–Crippen LogP) is 2.32. The average Bonchev–Trinajstić information content (AvgIpc) is 2.64. The highest BCUT2D eigenvalue weighted by molar-refractivity contribution is 6.68. The van der Waals surface area contributed by atoms with Crippen LogP contribution in [0.4, 0.5) is 0 Å². The van der Waals surface area contributed by atoms with Crippen LogP contribution in [-0.2, 0) is 4.57 Å². The molecular formula is C16H16B2Cl2O5. The third kappa shape index (κ3) is 6.94. The Bertz CT molecular complexity index is 680. The molecule has 0 heterocycles. The van der Waals surface area contributed by atoms with Crippen molar-refractivity contribution in [3.8, 4) is 5.75 Å². The van der Waals surface area contributed by atoms with Crippen LogP contribution < -0.4 is 10.1 Å². The number of carbonyl (C=O) groups is 1. The molecule has 2 rings (SSSR count). The minimum absolute atomic E-state index is 0.293. The first kappa shape index (κ1) is 21.3. The van der Waals surface area contributed by atoms with Crippen molar-refractivity contribution in [2.45, 2.75) is 0 Å². The van der Waals surface area contributed by atoms with Gasteiger partial charge in [0.2, 0.25) is 0 Å². The molecule has 0 aliphatic heterocycles. The Kier molecular flexibility index (Phi) is 9.34. The zero-order valence-corrected chi connectivity index (χ0v) is 14.9. The molecule has 0 fully saturated rings. The standard InChI is InChI=1S/C15H13B2ClO5.CH3Cl/c1-2-11-3-9-14(10-4-11)22-17(21)23-16(20)13-7-5-12(6-8-13)15(18)19;1-2/h2-10,20-21H,1H2;1H3. The lowest BCUT2D eigenvalue weighted by Crippen LogP contribution is -2.42. The van der Waals surface area contributed by atoms with E-state index in [1.54, 1.807) is 30.3 Å². The molecule has 0 spiro atoms. The molecule has 0 aliphatic rings. The van der Waals surface area contributed by atoms with E-state index < -0.39 is 19.7 Å². The SMILES string of the molecule is C=Cc1ccc(OB(O)OB(O)c2ccc(C(=O)Cl)cc2)cc1.CCl. The molecule has 0 unspecified atom stereocenters. The Morgan fingerprint density at radius 1 is 1.08 bits per heavy atom. The lowest BCUT2D eigenvalue weighted by Gasteiger charge is -2.13. The van der Waals surface area contributed by atoms with Crippen molar-refractivity contribution < 1.29 is 24.1 Å². The number of halogens is 2. The second-order valence-corrected chi connectivity index (χ2v) is 4.93. The van der Waals surface area contributed by atoms with Crippen molar-refractivity contribution in [3.63, 3.8) is 0 Å². The molecule has 2 N–H and O–H groups in total. The fourth-order valence-corrected chi connectivity index (χ4v) is 1.92. The highest BCUT2D eigenvalue weighted by atomic mass is 35.5. The summed E-state index contributed by atoms with van der Waals surface area (Å²) in [6.07, 6.45) is 3.15. The molecule has 130 valence electrons. The van der Waals surface area contributed by atoms with Crippen LogP contribution in [0.25, 0.3) is 6.08 Å². The molecule has 0 bridgehead atoms. The Morgan fingerprint density at radius 3 is 2.12 bits per heavy atom. The summed E-state index contributed by atoms with van der Waals surface area (Å²) < 4.78 is 10.1. The van der Waals surface area contributed by atoms with Crippen LogP contribution in [0.2, 0.25) is 0 Å². The molecule has 0 atom stereocenters. The zero-order valence-electron chi connectivity index (χ0n) is 13.4. The molecule has 5 nitrogen and oxygen atoms in total. The van der Waals surface area contributed by atoms with E-state index in [0.717, 1.165) is 5.56 Å². The molecule has 0 saturated carbocycles. The third-order valence-corrected chi connectivity index (χ3v) is 3.24. The van der Waals surface area contributed by atoms with E-state index in [4.69, 9.17) is 20.8 Å². The van der Waals surface area contributed by atoms with Gasteiger partial charge in [0.25, 0.3) is 5.24 Å². The van der Waals surface area contributed by atoms with Crippen LogP contribution >= 0.6 is 23.2 Å². The monoisotopic (exact) mass is 380 g/mol. The highest BCUT2D eigenvalue weighted by Crippen LogP contribution is 2.13. The summed E-state index contributed by atoms with van der Waals surface area (Å²) in [6, 6.07) is 12.6. The van der Waals surface area contributed by atoms with Crippen molar-refractivity contribution in [1.29, 1.82) is 0 Å². The van der Waals surface area contributed by atoms with Crippen LogP contribution in [-0.4, -0.2) is 36.1 Å². The van der Waals surface area contributed by atoms with Gasteiger partial charge in [0.05, 0.1) is 0 Å². The van der Waals surface area contributed by atoms with Gasteiger partial charge in [-0.1, -0.05) is 49.1 Å². The minimum Gasteiger partial charge on any atom is -0.513 e. The normalized spacial score (nSPS) is 9.48. The number of hydrogen-bond donors (Lipinski definition) is 2. The molecular weight excluding hydrogens is 365 g/mol. The third-order valence-electron chi connectivity index (χ3n) is 3.02. The molecule has 0 radical (unpaired) electrons. The number of hydrogen-bond acceptors (Lipinski definition) is 5. The largest absolute Gasteiger partial charge is 0.696 e. The van der Waals surface area contributed by atoms with E-state index in [1.807, 2.05) is 0 Å².